The van der Waals surface area contributed by atoms with E-state index >= 15 is 0 Å². The maximum Gasteiger partial charge on any atom is 0.0957 e. The van der Waals surface area contributed by atoms with E-state index in [0.29, 0.717) is 0 Å². The van der Waals surface area contributed by atoms with Crippen LogP contribution in [0.1, 0.15) is 46.0 Å². The molecular weight excluding hydrogens is 240 g/mol. The summed E-state index contributed by atoms with van der Waals surface area (Å²) in [4.78, 5) is 2.38. The predicted octanol–water partition coefficient (Wildman–Crippen LogP) is 4.77. The van der Waals surface area contributed by atoms with Crippen LogP contribution < -0.4 is 0 Å². The minimum atomic E-state index is -0.586. The van der Waals surface area contributed by atoms with Crippen molar-refractivity contribution < 1.29 is 5.11 Å². The molecule has 0 aromatic heterocycles. The van der Waals surface area contributed by atoms with Crippen LogP contribution in [0.15, 0.2) is 45.7 Å². The van der Waals surface area contributed by atoms with Crippen molar-refractivity contribution in [2.45, 2.75) is 56.4 Å². The quantitative estimate of drug-likeness (QED) is 0.792. The van der Waals surface area contributed by atoms with Gasteiger partial charge in [-0.05, 0) is 38.8 Å². The molecule has 1 N–H and O–H groups in total. The van der Waals surface area contributed by atoms with E-state index in [1.54, 1.807) is 11.8 Å². The van der Waals surface area contributed by atoms with E-state index in [9.17, 15) is 5.11 Å². The zero-order chi connectivity index (χ0) is 13.0. The van der Waals surface area contributed by atoms with Crippen LogP contribution in [0, 0.1) is 0 Å². The number of aliphatic hydroxyl groups is 1. The van der Waals surface area contributed by atoms with Crippen LogP contribution in [0.25, 0.3) is 0 Å². The Morgan fingerprint density at radius 3 is 2.22 bits per heavy atom. The Bertz CT molecular complexity index is 412. The van der Waals surface area contributed by atoms with Gasteiger partial charge < -0.3 is 5.11 Å². The fourth-order valence-corrected chi connectivity index (χ4v) is 3.76. The molecule has 1 aromatic carbocycles. The third-order valence-electron chi connectivity index (χ3n) is 3.52. The van der Waals surface area contributed by atoms with E-state index in [4.69, 9.17) is 0 Å². The molecule has 1 saturated carbocycles. The SMILES string of the molecule is CC(C)=C(Sc1ccccc1)C1(O)CCCCC1. The lowest BCUT2D eigenvalue weighted by Gasteiger charge is -2.35. The van der Waals surface area contributed by atoms with E-state index in [2.05, 4.69) is 38.1 Å². The predicted molar refractivity (Wildman–Crippen MR) is 78.7 cm³/mol. The molecule has 0 saturated heterocycles. The lowest BCUT2D eigenvalue weighted by Crippen LogP contribution is -2.33. The molecule has 18 heavy (non-hydrogen) atoms. The van der Waals surface area contributed by atoms with Crippen LogP contribution in [-0.2, 0) is 0 Å². The lowest BCUT2D eigenvalue weighted by atomic mass is 9.83. The van der Waals surface area contributed by atoms with Crippen molar-refractivity contribution in [2.24, 2.45) is 0 Å². The number of hydrogen-bond acceptors (Lipinski definition) is 2. The molecule has 1 aliphatic carbocycles. The Kier molecular flexibility index (Phi) is 4.52. The molecule has 0 unspecified atom stereocenters. The van der Waals surface area contributed by atoms with Crippen LogP contribution >= 0.6 is 11.8 Å². The van der Waals surface area contributed by atoms with Crippen LogP contribution in [0.5, 0.6) is 0 Å². The normalized spacial score (nSPS) is 18.4. The van der Waals surface area contributed by atoms with Crippen molar-refractivity contribution in [3.05, 3.63) is 40.8 Å². The maximum absolute atomic E-state index is 10.9. The second-order valence-corrected chi connectivity index (χ2v) is 6.42. The minimum Gasteiger partial charge on any atom is -0.385 e. The van der Waals surface area contributed by atoms with Gasteiger partial charge in [0.2, 0.25) is 0 Å². The molecule has 1 aromatic rings. The molecule has 1 nitrogen and oxygen atoms in total. The molecule has 0 atom stereocenters. The van der Waals surface area contributed by atoms with Crippen molar-refractivity contribution in [2.75, 3.05) is 0 Å². The molecule has 1 fully saturated rings. The zero-order valence-corrected chi connectivity index (χ0v) is 12.1. The highest BCUT2D eigenvalue weighted by atomic mass is 32.2. The Labute approximate surface area is 114 Å². The summed E-state index contributed by atoms with van der Waals surface area (Å²) in [6.07, 6.45) is 5.36. The van der Waals surface area contributed by atoms with Crippen LogP contribution in [0.4, 0.5) is 0 Å². The summed E-state index contributed by atoms with van der Waals surface area (Å²) in [7, 11) is 0. The molecule has 1 aliphatic rings. The van der Waals surface area contributed by atoms with Gasteiger partial charge in [-0.25, -0.2) is 0 Å². The molecule has 0 bridgehead atoms. The summed E-state index contributed by atoms with van der Waals surface area (Å²) in [5.74, 6) is 0. The van der Waals surface area contributed by atoms with Crippen molar-refractivity contribution in [1.82, 2.24) is 0 Å². The summed E-state index contributed by atoms with van der Waals surface area (Å²) < 4.78 is 0. The van der Waals surface area contributed by atoms with E-state index in [-0.39, 0.29) is 0 Å². The van der Waals surface area contributed by atoms with E-state index < -0.39 is 5.60 Å². The first-order valence-corrected chi connectivity index (χ1v) is 7.57. The Hall–Kier alpha value is -0.730. The first-order valence-electron chi connectivity index (χ1n) is 6.75. The Morgan fingerprint density at radius 1 is 1.06 bits per heavy atom. The molecular formula is C16H22OS. The van der Waals surface area contributed by atoms with E-state index in [0.717, 1.165) is 30.6 Å². The molecule has 0 heterocycles. The summed E-state index contributed by atoms with van der Waals surface area (Å²) in [6, 6.07) is 10.4. The average Bonchev–Trinajstić information content (AvgIpc) is 2.37. The smallest absolute Gasteiger partial charge is 0.0957 e. The third kappa shape index (κ3) is 3.18. The second kappa shape index (κ2) is 5.94. The number of thioether (sulfide) groups is 1. The first-order chi connectivity index (χ1) is 8.62. The van der Waals surface area contributed by atoms with Crippen LogP contribution in [-0.4, -0.2) is 10.7 Å². The largest absolute Gasteiger partial charge is 0.385 e. The van der Waals surface area contributed by atoms with Crippen LogP contribution in [0.3, 0.4) is 0 Å². The molecule has 0 radical (unpaired) electrons. The van der Waals surface area contributed by atoms with Gasteiger partial charge in [0.25, 0.3) is 0 Å². The highest BCUT2D eigenvalue weighted by Gasteiger charge is 2.34. The summed E-state index contributed by atoms with van der Waals surface area (Å²) in [5, 5.41) is 10.9. The standard InChI is InChI=1S/C16H22OS/c1-13(2)15(16(17)11-7-4-8-12-16)18-14-9-5-3-6-10-14/h3,5-6,9-10,17H,4,7-8,11-12H2,1-2H3. The van der Waals surface area contributed by atoms with E-state index in [1.165, 1.54) is 16.9 Å². The topological polar surface area (TPSA) is 20.2 Å². The number of rotatable bonds is 3. The van der Waals surface area contributed by atoms with Gasteiger partial charge in [-0.3, -0.25) is 0 Å². The fraction of sp³-hybridized carbons (Fsp3) is 0.500. The molecule has 2 heteroatoms. The summed E-state index contributed by atoms with van der Waals surface area (Å²) in [5.41, 5.74) is 0.658. The number of hydrogen-bond donors (Lipinski definition) is 1. The number of allylic oxidation sites excluding steroid dienone is 1. The van der Waals surface area contributed by atoms with Gasteiger partial charge in [-0.2, -0.15) is 0 Å². The van der Waals surface area contributed by atoms with Gasteiger partial charge in [-0.1, -0.05) is 54.8 Å². The Morgan fingerprint density at radius 2 is 1.67 bits per heavy atom. The van der Waals surface area contributed by atoms with Gasteiger partial charge in [0.1, 0.15) is 0 Å². The van der Waals surface area contributed by atoms with Gasteiger partial charge >= 0.3 is 0 Å². The summed E-state index contributed by atoms with van der Waals surface area (Å²) >= 11 is 1.73. The van der Waals surface area contributed by atoms with Crippen molar-refractivity contribution in [3.63, 3.8) is 0 Å². The monoisotopic (exact) mass is 262 g/mol. The van der Waals surface area contributed by atoms with E-state index in [1.807, 2.05) is 6.07 Å². The first kappa shape index (κ1) is 13.7. The third-order valence-corrected chi connectivity index (χ3v) is 5.02. The number of benzene rings is 1. The van der Waals surface area contributed by atoms with Crippen molar-refractivity contribution >= 4 is 11.8 Å². The zero-order valence-electron chi connectivity index (χ0n) is 11.3. The average molecular weight is 262 g/mol. The van der Waals surface area contributed by atoms with Gasteiger partial charge in [-0.15, -0.1) is 0 Å². The Balaban J connectivity index is 2.22. The van der Waals surface area contributed by atoms with Gasteiger partial charge in [0, 0.05) is 9.80 Å². The van der Waals surface area contributed by atoms with Crippen LogP contribution in [0.2, 0.25) is 0 Å². The van der Waals surface area contributed by atoms with Crippen molar-refractivity contribution in [1.29, 1.82) is 0 Å². The molecule has 0 amide bonds. The van der Waals surface area contributed by atoms with Crippen molar-refractivity contribution in [3.8, 4) is 0 Å². The molecule has 2 rings (SSSR count). The van der Waals surface area contributed by atoms with Gasteiger partial charge in [0.05, 0.1) is 5.60 Å². The lowest BCUT2D eigenvalue weighted by molar-refractivity contribution is 0.0468. The van der Waals surface area contributed by atoms with Gasteiger partial charge in [0.15, 0.2) is 0 Å². The maximum atomic E-state index is 10.9. The highest BCUT2D eigenvalue weighted by Crippen LogP contribution is 2.43. The minimum absolute atomic E-state index is 0.586. The molecule has 0 spiro atoms. The second-order valence-electron chi connectivity index (χ2n) is 5.34. The highest BCUT2D eigenvalue weighted by molar-refractivity contribution is 8.03. The fourth-order valence-electron chi connectivity index (χ4n) is 2.63. The molecule has 98 valence electrons. The summed E-state index contributed by atoms with van der Waals surface area (Å²) in [6.45, 7) is 4.22. The molecule has 0 aliphatic heterocycles.